The van der Waals surface area contributed by atoms with Gasteiger partial charge in [-0.1, -0.05) is 0 Å². The zero-order valence-electron chi connectivity index (χ0n) is 9.96. The van der Waals surface area contributed by atoms with Crippen molar-refractivity contribution in [3.63, 3.8) is 0 Å². The van der Waals surface area contributed by atoms with Crippen LogP contribution >= 0.6 is 22.6 Å². The number of nitrogens with zero attached hydrogens (tertiary/aromatic N) is 2. The Kier molecular flexibility index (Phi) is 4.20. The molecule has 2 aromatic rings. The largest absolute Gasteiger partial charge is 0.357 e. The summed E-state index contributed by atoms with van der Waals surface area (Å²) >= 11 is 2.15. The summed E-state index contributed by atoms with van der Waals surface area (Å²) in [6.07, 6.45) is 2.52. The Morgan fingerprint density at radius 1 is 1.11 bits per heavy atom. The fourth-order valence-corrected chi connectivity index (χ4v) is 2.62. The smallest absolute Gasteiger partial charge is 0.264 e. The van der Waals surface area contributed by atoms with Gasteiger partial charge < -0.3 is 5.32 Å². The summed E-state index contributed by atoms with van der Waals surface area (Å²) in [6, 6.07) is 7.03. The van der Waals surface area contributed by atoms with E-state index in [2.05, 4.69) is 42.6 Å². The minimum atomic E-state index is -3.66. The Bertz CT molecular complexity index is 656. The number of hydrogen-bond acceptors (Lipinski definition) is 5. The maximum absolute atomic E-state index is 12.1. The first-order valence-corrected chi connectivity index (χ1v) is 7.85. The monoisotopic (exact) mass is 390 g/mol. The number of halogens is 1. The molecule has 1 heterocycles. The van der Waals surface area contributed by atoms with Gasteiger partial charge in [0.05, 0.1) is 12.4 Å². The lowest BCUT2D eigenvalue weighted by Gasteiger charge is -2.07. The fourth-order valence-electron chi connectivity index (χ4n) is 1.32. The maximum Gasteiger partial charge on any atom is 0.264 e. The van der Waals surface area contributed by atoms with E-state index in [0.29, 0.717) is 11.6 Å². The SMILES string of the molecule is CNc1ncc(S(=O)(=O)Nc2ccc(I)cc2)cn1. The standard InChI is InChI=1S/C11H11IN4O2S/c1-13-11-14-6-10(7-15-11)19(17,18)16-9-4-2-8(12)3-5-9/h2-7,16H,1H3,(H,13,14,15). The molecule has 0 unspecified atom stereocenters. The van der Waals surface area contributed by atoms with Gasteiger partial charge in [-0.3, -0.25) is 4.72 Å². The van der Waals surface area contributed by atoms with Crippen LogP contribution in [0.4, 0.5) is 11.6 Å². The summed E-state index contributed by atoms with van der Waals surface area (Å²) in [7, 11) is -2.00. The number of nitrogens with one attached hydrogen (secondary N) is 2. The van der Waals surface area contributed by atoms with Gasteiger partial charge in [-0.05, 0) is 46.9 Å². The Balaban J connectivity index is 2.24. The average molecular weight is 390 g/mol. The Hall–Kier alpha value is -1.42. The van der Waals surface area contributed by atoms with Gasteiger partial charge in [0.1, 0.15) is 4.90 Å². The normalized spacial score (nSPS) is 11.1. The number of hydrogen-bond donors (Lipinski definition) is 2. The van der Waals surface area contributed by atoms with E-state index in [1.807, 2.05) is 12.1 Å². The van der Waals surface area contributed by atoms with Crippen LogP contribution in [0.15, 0.2) is 41.6 Å². The van der Waals surface area contributed by atoms with Gasteiger partial charge in [-0.15, -0.1) is 0 Å². The molecule has 0 bridgehead atoms. The maximum atomic E-state index is 12.1. The zero-order chi connectivity index (χ0) is 13.9. The predicted molar refractivity (Wildman–Crippen MR) is 81.5 cm³/mol. The summed E-state index contributed by atoms with van der Waals surface area (Å²) in [5, 5.41) is 2.72. The van der Waals surface area contributed by atoms with Crippen LogP contribution < -0.4 is 10.0 Å². The molecule has 2 N–H and O–H groups in total. The molecule has 0 amide bonds. The van der Waals surface area contributed by atoms with Crippen LogP contribution in [0.1, 0.15) is 0 Å². The third-order valence-corrected chi connectivity index (χ3v) is 4.31. The Labute approximate surface area is 124 Å². The molecule has 0 saturated heterocycles. The molecular weight excluding hydrogens is 379 g/mol. The van der Waals surface area contributed by atoms with Gasteiger partial charge >= 0.3 is 0 Å². The molecule has 0 aliphatic carbocycles. The van der Waals surface area contributed by atoms with E-state index < -0.39 is 10.0 Å². The van der Waals surface area contributed by atoms with Crippen LogP contribution in [-0.2, 0) is 10.0 Å². The summed E-state index contributed by atoms with van der Waals surface area (Å²) in [6.45, 7) is 0. The topological polar surface area (TPSA) is 84.0 Å². The number of sulfonamides is 1. The molecule has 100 valence electrons. The van der Waals surface area contributed by atoms with E-state index in [9.17, 15) is 8.42 Å². The number of rotatable bonds is 4. The van der Waals surface area contributed by atoms with Crippen molar-refractivity contribution in [2.75, 3.05) is 17.1 Å². The van der Waals surface area contributed by atoms with Gasteiger partial charge in [-0.2, -0.15) is 0 Å². The van der Waals surface area contributed by atoms with Crippen LogP contribution in [-0.4, -0.2) is 25.4 Å². The van der Waals surface area contributed by atoms with Crippen molar-refractivity contribution >= 4 is 44.2 Å². The van der Waals surface area contributed by atoms with E-state index in [1.165, 1.54) is 12.4 Å². The molecule has 0 saturated carbocycles. The minimum absolute atomic E-state index is 0.0186. The second-order valence-corrected chi connectivity index (χ2v) is 6.53. The summed E-state index contributed by atoms with van der Waals surface area (Å²) in [4.78, 5) is 7.77. The van der Waals surface area contributed by atoms with Crippen molar-refractivity contribution in [2.24, 2.45) is 0 Å². The van der Waals surface area contributed by atoms with E-state index in [-0.39, 0.29) is 4.90 Å². The molecule has 0 fully saturated rings. The van der Waals surface area contributed by atoms with Crippen molar-refractivity contribution in [2.45, 2.75) is 4.90 Å². The van der Waals surface area contributed by atoms with Crippen LogP contribution in [0, 0.1) is 3.57 Å². The molecule has 8 heteroatoms. The van der Waals surface area contributed by atoms with E-state index in [1.54, 1.807) is 19.2 Å². The lowest BCUT2D eigenvalue weighted by atomic mass is 10.3. The highest BCUT2D eigenvalue weighted by molar-refractivity contribution is 14.1. The molecule has 0 aliphatic heterocycles. The quantitative estimate of drug-likeness (QED) is 0.780. The van der Waals surface area contributed by atoms with Crippen LogP contribution in [0.3, 0.4) is 0 Å². The first-order chi connectivity index (χ1) is 9.01. The van der Waals surface area contributed by atoms with Crippen molar-refractivity contribution < 1.29 is 8.42 Å². The molecule has 0 spiro atoms. The number of benzene rings is 1. The van der Waals surface area contributed by atoms with Gasteiger partial charge in [0.25, 0.3) is 10.0 Å². The molecule has 2 rings (SSSR count). The van der Waals surface area contributed by atoms with Gasteiger partial charge in [0, 0.05) is 16.3 Å². The van der Waals surface area contributed by atoms with Gasteiger partial charge in [0.2, 0.25) is 5.95 Å². The Morgan fingerprint density at radius 3 is 2.21 bits per heavy atom. The van der Waals surface area contributed by atoms with E-state index in [4.69, 9.17) is 0 Å². The minimum Gasteiger partial charge on any atom is -0.357 e. The third-order valence-electron chi connectivity index (χ3n) is 2.26. The number of aromatic nitrogens is 2. The van der Waals surface area contributed by atoms with E-state index >= 15 is 0 Å². The van der Waals surface area contributed by atoms with Crippen molar-refractivity contribution in [3.8, 4) is 0 Å². The average Bonchev–Trinajstić information content (AvgIpc) is 2.41. The molecule has 19 heavy (non-hydrogen) atoms. The zero-order valence-corrected chi connectivity index (χ0v) is 12.9. The lowest BCUT2D eigenvalue weighted by Crippen LogP contribution is -2.14. The summed E-state index contributed by atoms with van der Waals surface area (Å²) in [5.41, 5.74) is 0.498. The van der Waals surface area contributed by atoms with Crippen LogP contribution in [0.5, 0.6) is 0 Å². The highest BCUT2D eigenvalue weighted by Crippen LogP contribution is 2.16. The first kappa shape index (κ1) is 14.0. The second-order valence-electron chi connectivity index (χ2n) is 3.60. The summed E-state index contributed by atoms with van der Waals surface area (Å²) in [5.74, 6) is 0.369. The molecule has 0 atom stereocenters. The fraction of sp³-hybridized carbons (Fsp3) is 0.0909. The molecule has 0 radical (unpaired) electrons. The Morgan fingerprint density at radius 2 is 1.68 bits per heavy atom. The molecule has 1 aromatic heterocycles. The molecule has 0 aliphatic rings. The van der Waals surface area contributed by atoms with Crippen molar-refractivity contribution in [1.29, 1.82) is 0 Å². The molecule has 1 aromatic carbocycles. The van der Waals surface area contributed by atoms with Crippen molar-refractivity contribution in [1.82, 2.24) is 9.97 Å². The summed E-state index contributed by atoms with van der Waals surface area (Å²) < 4.78 is 27.6. The lowest BCUT2D eigenvalue weighted by molar-refractivity contribution is 0.600. The first-order valence-electron chi connectivity index (χ1n) is 5.29. The molecule has 6 nitrogen and oxygen atoms in total. The van der Waals surface area contributed by atoms with Crippen LogP contribution in [0.25, 0.3) is 0 Å². The third kappa shape index (κ3) is 3.53. The van der Waals surface area contributed by atoms with Gasteiger partial charge in [-0.25, -0.2) is 18.4 Å². The van der Waals surface area contributed by atoms with Gasteiger partial charge in [0.15, 0.2) is 0 Å². The van der Waals surface area contributed by atoms with Crippen molar-refractivity contribution in [3.05, 3.63) is 40.2 Å². The van der Waals surface area contributed by atoms with E-state index in [0.717, 1.165) is 3.57 Å². The van der Waals surface area contributed by atoms with Crippen LogP contribution in [0.2, 0.25) is 0 Å². The number of anilines is 2. The highest BCUT2D eigenvalue weighted by Gasteiger charge is 2.15. The second kappa shape index (κ2) is 5.70. The highest BCUT2D eigenvalue weighted by atomic mass is 127. The predicted octanol–water partition coefficient (Wildman–Crippen LogP) is 1.92. The molecular formula is C11H11IN4O2S.